The summed E-state index contributed by atoms with van der Waals surface area (Å²) in [7, 11) is 0. The first-order valence-corrected chi connectivity index (χ1v) is 10.4. The van der Waals surface area contributed by atoms with Crippen LogP contribution in [0.1, 0.15) is 34.1 Å². The highest BCUT2D eigenvalue weighted by Gasteiger charge is 2.21. The van der Waals surface area contributed by atoms with Crippen LogP contribution < -0.4 is 16.2 Å². The molecule has 0 aliphatic rings. The highest BCUT2D eigenvalue weighted by atomic mass is 35.5. The molecular formula is C19H25ClN4O3S. The summed E-state index contributed by atoms with van der Waals surface area (Å²) in [5.41, 5.74) is 0.318. The van der Waals surface area contributed by atoms with Gasteiger partial charge in [0.05, 0.1) is 16.2 Å². The Morgan fingerprint density at radius 2 is 2.00 bits per heavy atom. The van der Waals surface area contributed by atoms with E-state index in [0.717, 1.165) is 18.2 Å². The van der Waals surface area contributed by atoms with Gasteiger partial charge in [0.25, 0.3) is 5.56 Å². The summed E-state index contributed by atoms with van der Waals surface area (Å²) in [6, 6.07) is 4.41. The van der Waals surface area contributed by atoms with E-state index in [2.05, 4.69) is 29.5 Å². The molecule has 7 nitrogen and oxygen atoms in total. The number of urea groups is 1. The van der Waals surface area contributed by atoms with Crippen LogP contribution in [0.3, 0.4) is 0 Å². The lowest BCUT2D eigenvalue weighted by molar-refractivity contribution is -0.119. The van der Waals surface area contributed by atoms with Crippen LogP contribution in [0, 0.1) is 5.92 Å². The quantitative estimate of drug-likeness (QED) is 0.524. The van der Waals surface area contributed by atoms with Gasteiger partial charge >= 0.3 is 6.03 Å². The fourth-order valence-corrected chi connectivity index (χ4v) is 3.58. The second kappa shape index (κ2) is 9.93. The minimum atomic E-state index is -0.614. The zero-order chi connectivity index (χ0) is 20.8. The van der Waals surface area contributed by atoms with Crippen LogP contribution in [0.15, 0.2) is 28.2 Å². The predicted octanol–water partition coefficient (Wildman–Crippen LogP) is 3.42. The molecule has 1 aromatic carbocycles. The van der Waals surface area contributed by atoms with Crippen molar-refractivity contribution < 1.29 is 9.59 Å². The number of amides is 3. The molecule has 0 saturated carbocycles. The first-order valence-electron chi connectivity index (χ1n) is 9.18. The number of hydrogen-bond acceptors (Lipinski definition) is 5. The van der Waals surface area contributed by atoms with Crippen molar-refractivity contribution in [2.45, 2.75) is 51.1 Å². The van der Waals surface area contributed by atoms with E-state index in [1.54, 1.807) is 36.6 Å². The van der Waals surface area contributed by atoms with Gasteiger partial charge < -0.3 is 5.32 Å². The second-order valence-corrected chi connectivity index (χ2v) is 8.55. The number of imide groups is 1. The van der Waals surface area contributed by atoms with E-state index in [0.29, 0.717) is 40.1 Å². The maximum atomic E-state index is 13.0. The molecule has 0 aliphatic carbocycles. The molecule has 1 heterocycles. The van der Waals surface area contributed by atoms with Gasteiger partial charge in [-0.15, -0.1) is 0 Å². The Balaban J connectivity index is 2.37. The summed E-state index contributed by atoms with van der Waals surface area (Å²) in [5.74, 6) is -0.0454. The van der Waals surface area contributed by atoms with Crippen molar-refractivity contribution in [1.29, 1.82) is 0 Å². The number of fused-ring (bicyclic) bond motifs is 1. The van der Waals surface area contributed by atoms with Crippen LogP contribution in [0.2, 0.25) is 5.02 Å². The molecule has 0 fully saturated rings. The monoisotopic (exact) mass is 424 g/mol. The Kier molecular flexibility index (Phi) is 7.88. The lowest BCUT2D eigenvalue weighted by Gasteiger charge is -2.17. The summed E-state index contributed by atoms with van der Waals surface area (Å²) in [6.45, 7) is 8.50. The van der Waals surface area contributed by atoms with Crippen LogP contribution in [0.5, 0.6) is 0 Å². The van der Waals surface area contributed by atoms with Gasteiger partial charge in [0, 0.05) is 18.1 Å². The second-order valence-electron chi connectivity index (χ2n) is 6.80. The van der Waals surface area contributed by atoms with Gasteiger partial charge in [0.15, 0.2) is 5.16 Å². The fourth-order valence-electron chi connectivity index (χ4n) is 2.48. The number of benzene rings is 1. The number of carbonyl (C=O) groups is 2. The van der Waals surface area contributed by atoms with Crippen LogP contribution in [0.25, 0.3) is 10.9 Å². The Bertz CT molecular complexity index is 929. The molecule has 0 bridgehead atoms. The van der Waals surface area contributed by atoms with E-state index in [1.165, 1.54) is 0 Å². The number of thioether (sulfide) groups is 1. The number of nitrogens with zero attached hydrogens (tertiary/aromatic N) is 2. The third kappa shape index (κ3) is 5.72. The summed E-state index contributed by atoms with van der Waals surface area (Å²) in [5, 5.41) is 5.58. The lowest BCUT2D eigenvalue weighted by Crippen LogP contribution is -2.42. The molecule has 2 N–H and O–H groups in total. The van der Waals surface area contributed by atoms with Crippen molar-refractivity contribution >= 4 is 46.2 Å². The van der Waals surface area contributed by atoms with Crippen LogP contribution in [-0.4, -0.2) is 33.3 Å². The van der Waals surface area contributed by atoms with Gasteiger partial charge in [-0.3, -0.25) is 19.5 Å². The van der Waals surface area contributed by atoms with E-state index < -0.39 is 17.2 Å². The Labute approximate surface area is 173 Å². The van der Waals surface area contributed by atoms with E-state index in [9.17, 15) is 14.4 Å². The number of hydrogen-bond donors (Lipinski definition) is 2. The predicted molar refractivity (Wildman–Crippen MR) is 113 cm³/mol. The average molecular weight is 425 g/mol. The molecule has 3 amide bonds. The highest BCUT2D eigenvalue weighted by Crippen LogP contribution is 2.24. The molecule has 2 aromatic rings. The maximum absolute atomic E-state index is 13.0. The van der Waals surface area contributed by atoms with Gasteiger partial charge in [-0.2, -0.15) is 0 Å². The van der Waals surface area contributed by atoms with Crippen molar-refractivity contribution in [3.63, 3.8) is 0 Å². The molecule has 0 spiro atoms. The van der Waals surface area contributed by atoms with Crippen LogP contribution in [-0.2, 0) is 11.3 Å². The number of halogens is 1. The topological polar surface area (TPSA) is 93.1 Å². The Morgan fingerprint density at radius 3 is 2.64 bits per heavy atom. The average Bonchev–Trinajstić information content (AvgIpc) is 2.60. The maximum Gasteiger partial charge on any atom is 0.321 e. The number of rotatable bonds is 7. The van der Waals surface area contributed by atoms with Crippen LogP contribution >= 0.6 is 23.4 Å². The highest BCUT2D eigenvalue weighted by molar-refractivity contribution is 8.00. The molecule has 0 aliphatic heterocycles. The van der Waals surface area contributed by atoms with Gasteiger partial charge in [-0.05, 0) is 44.4 Å². The normalized spacial score (nSPS) is 12.2. The van der Waals surface area contributed by atoms with Gasteiger partial charge in [-0.1, -0.05) is 37.2 Å². The summed E-state index contributed by atoms with van der Waals surface area (Å²) < 4.78 is 1.59. The van der Waals surface area contributed by atoms with Gasteiger partial charge in [-0.25, -0.2) is 9.78 Å². The third-order valence-electron chi connectivity index (χ3n) is 4.04. The van der Waals surface area contributed by atoms with E-state index in [-0.39, 0.29) is 5.56 Å². The summed E-state index contributed by atoms with van der Waals surface area (Å²) >= 11 is 7.19. The van der Waals surface area contributed by atoms with Crippen molar-refractivity contribution in [2.75, 3.05) is 6.54 Å². The van der Waals surface area contributed by atoms with Crippen LogP contribution in [0.4, 0.5) is 4.79 Å². The summed E-state index contributed by atoms with van der Waals surface area (Å²) in [4.78, 5) is 41.4. The minimum absolute atomic E-state index is 0.166. The van der Waals surface area contributed by atoms with E-state index in [1.807, 2.05) is 0 Å². The number of nitrogens with one attached hydrogen (secondary N) is 2. The minimum Gasteiger partial charge on any atom is -0.338 e. The van der Waals surface area contributed by atoms with E-state index in [4.69, 9.17) is 11.6 Å². The Hall–Kier alpha value is -2.06. The largest absolute Gasteiger partial charge is 0.338 e. The molecule has 9 heteroatoms. The van der Waals surface area contributed by atoms with Gasteiger partial charge in [0.2, 0.25) is 5.91 Å². The first kappa shape index (κ1) is 22.2. The standard InChI is InChI=1S/C19H25ClN4O3S/c1-5-21-18(27)23-16(25)12(4)28-19-22-15-10-13(20)6-7-14(15)17(26)24(19)9-8-11(2)3/h6-7,10-12H,5,8-9H2,1-4H3,(H2,21,23,25,27). The molecule has 2 rings (SSSR count). The lowest BCUT2D eigenvalue weighted by atomic mass is 10.1. The molecule has 152 valence electrons. The molecule has 0 radical (unpaired) electrons. The molecule has 1 atom stereocenters. The van der Waals surface area contributed by atoms with Crippen molar-refractivity contribution in [2.24, 2.45) is 5.92 Å². The smallest absolute Gasteiger partial charge is 0.321 e. The molecule has 0 saturated heterocycles. The molecule has 28 heavy (non-hydrogen) atoms. The zero-order valence-corrected chi connectivity index (χ0v) is 18.0. The SMILES string of the molecule is CCNC(=O)NC(=O)C(C)Sc1nc2cc(Cl)ccc2c(=O)n1CCC(C)C. The van der Waals surface area contributed by atoms with Gasteiger partial charge in [0.1, 0.15) is 0 Å². The summed E-state index contributed by atoms with van der Waals surface area (Å²) in [6.07, 6.45) is 0.799. The first-order chi connectivity index (χ1) is 13.2. The third-order valence-corrected chi connectivity index (χ3v) is 5.36. The zero-order valence-electron chi connectivity index (χ0n) is 16.4. The molecule has 1 unspecified atom stereocenters. The number of aromatic nitrogens is 2. The van der Waals surface area contributed by atoms with Crippen molar-refractivity contribution in [3.05, 3.63) is 33.6 Å². The van der Waals surface area contributed by atoms with Crippen molar-refractivity contribution in [1.82, 2.24) is 20.2 Å². The van der Waals surface area contributed by atoms with E-state index >= 15 is 0 Å². The molecular weight excluding hydrogens is 400 g/mol. The fraction of sp³-hybridized carbons (Fsp3) is 0.474. The molecule has 1 aromatic heterocycles. The Morgan fingerprint density at radius 1 is 1.29 bits per heavy atom. The van der Waals surface area contributed by atoms with Crippen molar-refractivity contribution in [3.8, 4) is 0 Å². The number of carbonyl (C=O) groups excluding carboxylic acids is 2.